The third kappa shape index (κ3) is 1.54. The molecule has 0 amide bonds. The summed E-state index contributed by atoms with van der Waals surface area (Å²) in [6.45, 7) is 3.54. The highest BCUT2D eigenvalue weighted by molar-refractivity contribution is 5.84. The van der Waals surface area contributed by atoms with Crippen LogP contribution in [-0.2, 0) is 6.42 Å². The zero-order valence-electron chi connectivity index (χ0n) is 8.43. The first-order chi connectivity index (χ1) is 7.63. The van der Waals surface area contributed by atoms with Crippen LogP contribution in [0.25, 0.3) is 11.0 Å². The molecule has 2 aromatic rings. The van der Waals surface area contributed by atoms with Crippen molar-refractivity contribution in [3.8, 4) is 11.5 Å². The minimum atomic E-state index is -0.497. The number of fused-ring (bicyclic) bond motifs is 1. The lowest BCUT2D eigenvalue weighted by molar-refractivity contribution is 0.399. The van der Waals surface area contributed by atoms with Gasteiger partial charge in [-0.2, -0.15) is 0 Å². The molecule has 2 rings (SSSR count). The summed E-state index contributed by atoms with van der Waals surface area (Å²) in [4.78, 5) is 11.1. The van der Waals surface area contributed by atoms with E-state index in [1.54, 1.807) is 6.08 Å². The summed E-state index contributed by atoms with van der Waals surface area (Å²) in [6, 6.07) is 4.14. The van der Waals surface area contributed by atoms with Crippen molar-refractivity contribution in [3.05, 3.63) is 46.8 Å². The van der Waals surface area contributed by atoms with Gasteiger partial charge in [-0.15, -0.1) is 6.58 Å². The van der Waals surface area contributed by atoms with Crippen molar-refractivity contribution in [1.82, 2.24) is 0 Å². The van der Waals surface area contributed by atoms with Crippen LogP contribution >= 0.6 is 0 Å². The maximum atomic E-state index is 11.1. The maximum Gasteiger partial charge on any atom is 0.336 e. The monoisotopic (exact) mass is 218 g/mol. The molecule has 82 valence electrons. The van der Waals surface area contributed by atoms with Crippen LogP contribution in [0.1, 0.15) is 5.56 Å². The van der Waals surface area contributed by atoms with E-state index in [4.69, 9.17) is 4.42 Å². The Bertz CT molecular complexity index is 610. The lowest BCUT2D eigenvalue weighted by atomic mass is 10.1. The quantitative estimate of drug-likeness (QED) is 0.459. The SMILES string of the molecule is C=CCc1c(O)c(O)cc2ccc(=O)oc12. The summed E-state index contributed by atoms with van der Waals surface area (Å²) in [7, 11) is 0. The van der Waals surface area contributed by atoms with Crippen LogP contribution in [0.2, 0.25) is 0 Å². The normalized spacial score (nSPS) is 10.5. The molecule has 0 aliphatic heterocycles. The molecule has 4 nitrogen and oxygen atoms in total. The average Bonchev–Trinajstić information content (AvgIpc) is 2.26. The van der Waals surface area contributed by atoms with Crippen LogP contribution in [0, 0.1) is 0 Å². The van der Waals surface area contributed by atoms with Crippen LogP contribution in [0.3, 0.4) is 0 Å². The van der Waals surface area contributed by atoms with Gasteiger partial charge in [-0.25, -0.2) is 4.79 Å². The molecule has 0 aliphatic rings. The molecule has 16 heavy (non-hydrogen) atoms. The van der Waals surface area contributed by atoms with Gasteiger partial charge in [-0.05, 0) is 18.6 Å². The molecule has 1 aromatic carbocycles. The van der Waals surface area contributed by atoms with Crippen LogP contribution < -0.4 is 5.63 Å². The fraction of sp³-hybridized carbons (Fsp3) is 0.0833. The third-order valence-corrected chi connectivity index (χ3v) is 2.31. The van der Waals surface area contributed by atoms with Crippen LogP contribution in [0.5, 0.6) is 11.5 Å². The van der Waals surface area contributed by atoms with E-state index in [0.29, 0.717) is 17.4 Å². The standard InChI is InChI=1S/C12H10O4/c1-2-3-8-11(15)9(13)6-7-4-5-10(14)16-12(7)8/h2,4-6,13,15H,1,3H2. The number of aromatic hydroxyl groups is 2. The van der Waals surface area contributed by atoms with Gasteiger partial charge < -0.3 is 14.6 Å². The van der Waals surface area contributed by atoms with Crippen LogP contribution in [-0.4, -0.2) is 10.2 Å². The first-order valence-corrected chi connectivity index (χ1v) is 4.72. The Balaban J connectivity index is 2.89. The Morgan fingerprint density at radius 3 is 2.81 bits per heavy atom. The highest BCUT2D eigenvalue weighted by Gasteiger charge is 2.13. The molecule has 4 heteroatoms. The van der Waals surface area contributed by atoms with Gasteiger partial charge in [0, 0.05) is 17.0 Å². The summed E-state index contributed by atoms with van der Waals surface area (Å²) in [5.41, 5.74) is 0.147. The van der Waals surface area contributed by atoms with Crippen molar-refractivity contribution >= 4 is 11.0 Å². The zero-order chi connectivity index (χ0) is 11.7. The highest BCUT2D eigenvalue weighted by atomic mass is 16.4. The third-order valence-electron chi connectivity index (χ3n) is 2.31. The molecule has 0 unspecified atom stereocenters. The molecule has 0 bridgehead atoms. The second-order valence-electron chi connectivity index (χ2n) is 3.39. The summed E-state index contributed by atoms with van der Waals surface area (Å²) in [6.07, 6.45) is 1.87. The van der Waals surface area contributed by atoms with Gasteiger partial charge in [0.2, 0.25) is 0 Å². The predicted octanol–water partition coefficient (Wildman–Crippen LogP) is 1.93. The van der Waals surface area contributed by atoms with Gasteiger partial charge in [-0.3, -0.25) is 0 Å². The second-order valence-corrected chi connectivity index (χ2v) is 3.39. The molecule has 0 fully saturated rings. The van der Waals surface area contributed by atoms with Gasteiger partial charge in [0.25, 0.3) is 0 Å². The Morgan fingerprint density at radius 1 is 1.38 bits per heavy atom. The zero-order valence-corrected chi connectivity index (χ0v) is 8.43. The molecule has 2 N–H and O–H groups in total. The van der Waals surface area contributed by atoms with E-state index < -0.39 is 5.63 Å². The number of phenolic OH excluding ortho intramolecular Hbond substituents is 2. The Labute approximate surface area is 91.1 Å². The molecule has 1 heterocycles. The molecular formula is C12H10O4. The summed E-state index contributed by atoms with van der Waals surface area (Å²) >= 11 is 0. The van der Waals surface area contributed by atoms with Gasteiger partial charge in [0.05, 0.1) is 0 Å². The molecule has 1 aromatic heterocycles. The average molecular weight is 218 g/mol. The van der Waals surface area contributed by atoms with E-state index in [-0.39, 0.29) is 17.1 Å². The van der Waals surface area contributed by atoms with Crippen molar-refractivity contribution in [2.75, 3.05) is 0 Å². The number of phenols is 2. The maximum absolute atomic E-state index is 11.1. The molecule has 0 spiro atoms. The summed E-state index contributed by atoms with van der Waals surface area (Å²) in [5.74, 6) is -0.514. The van der Waals surface area contributed by atoms with E-state index >= 15 is 0 Å². The minimum absolute atomic E-state index is 0.238. The number of allylic oxidation sites excluding steroid dienone is 1. The molecular weight excluding hydrogens is 208 g/mol. The lowest BCUT2D eigenvalue weighted by Gasteiger charge is -2.07. The van der Waals surface area contributed by atoms with Crippen molar-refractivity contribution in [1.29, 1.82) is 0 Å². The van der Waals surface area contributed by atoms with Crippen LogP contribution in [0.15, 0.2) is 40.1 Å². The molecule has 0 radical (unpaired) electrons. The molecule has 0 aliphatic carbocycles. The predicted molar refractivity (Wildman–Crippen MR) is 59.7 cm³/mol. The topological polar surface area (TPSA) is 70.7 Å². The molecule has 0 atom stereocenters. The van der Waals surface area contributed by atoms with E-state index in [1.165, 1.54) is 18.2 Å². The Hall–Kier alpha value is -2.23. The Morgan fingerprint density at radius 2 is 2.12 bits per heavy atom. The highest BCUT2D eigenvalue weighted by Crippen LogP contribution is 2.35. The van der Waals surface area contributed by atoms with Gasteiger partial charge in [-0.1, -0.05) is 6.08 Å². The first-order valence-electron chi connectivity index (χ1n) is 4.72. The van der Waals surface area contributed by atoms with Crippen molar-refractivity contribution in [2.45, 2.75) is 6.42 Å². The lowest BCUT2D eigenvalue weighted by Crippen LogP contribution is -1.97. The van der Waals surface area contributed by atoms with E-state index in [0.717, 1.165) is 0 Å². The fourth-order valence-corrected chi connectivity index (χ4v) is 1.59. The minimum Gasteiger partial charge on any atom is -0.504 e. The smallest absolute Gasteiger partial charge is 0.336 e. The van der Waals surface area contributed by atoms with Crippen LogP contribution in [0.4, 0.5) is 0 Å². The van der Waals surface area contributed by atoms with Crippen molar-refractivity contribution in [3.63, 3.8) is 0 Å². The first kappa shape index (κ1) is 10.3. The van der Waals surface area contributed by atoms with Crippen molar-refractivity contribution in [2.24, 2.45) is 0 Å². The fourth-order valence-electron chi connectivity index (χ4n) is 1.59. The number of benzene rings is 1. The summed E-state index contributed by atoms with van der Waals surface area (Å²) < 4.78 is 5.01. The van der Waals surface area contributed by atoms with Gasteiger partial charge in [0.15, 0.2) is 11.5 Å². The molecule has 0 saturated heterocycles. The van der Waals surface area contributed by atoms with E-state index in [1.807, 2.05) is 0 Å². The Kier molecular flexibility index (Phi) is 2.40. The number of hydrogen-bond donors (Lipinski definition) is 2. The number of rotatable bonds is 2. The number of hydrogen-bond acceptors (Lipinski definition) is 4. The van der Waals surface area contributed by atoms with E-state index in [9.17, 15) is 15.0 Å². The van der Waals surface area contributed by atoms with E-state index in [2.05, 4.69) is 6.58 Å². The molecule has 0 saturated carbocycles. The summed E-state index contributed by atoms with van der Waals surface area (Å²) in [5, 5.41) is 19.7. The van der Waals surface area contributed by atoms with Gasteiger partial charge in [0.1, 0.15) is 5.58 Å². The van der Waals surface area contributed by atoms with Crippen molar-refractivity contribution < 1.29 is 14.6 Å². The largest absolute Gasteiger partial charge is 0.504 e. The van der Waals surface area contributed by atoms with Gasteiger partial charge >= 0.3 is 5.63 Å². The second kappa shape index (κ2) is 3.73.